The zero-order chi connectivity index (χ0) is 16.4. The first-order chi connectivity index (χ1) is 11.0. The Kier molecular flexibility index (Phi) is 3.94. The first kappa shape index (κ1) is 15.0. The number of carbonyl (C=O) groups excluding carboxylic acids is 1. The summed E-state index contributed by atoms with van der Waals surface area (Å²) in [6.07, 6.45) is -0.0440. The molecule has 0 radical (unpaired) electrons. The summed E-state index contributed by atoms with van der Waals surface area (Å²) >= 11 is 1.33. The van der Waals surface area contributed by atoms with Crippen molar-refractivity contribution in [3.8, 4) is 0 Å². The van der Waals surface area contributed by atoms with E-state index in [-0.39, 0.29) is 12.3 Å². The highest BCUT2D eigenvalue weighted by Crippen LogP contribution is 2.25. The van der Waals surface area contributed by atoms with Gasteiger partial charge in [-0.15, -0.1) is 0 Å². The van der Waals surface area contributed by atoms with Crippen LogP contribution in [0.25, 0.3) is 10.2 Å². The van der Waals surface area contributed by atoms with Crippen molar-refractivity contribution in [3.05, 3.63) is 53.6 Å². The molecule has 2 aromatic carbocycles. The van der Waals surface area contributed by atoms with Gasteiger partial charge in [0.15, 0.2) is 5.13 Å². The number of nitrogens with two attached hydrogens (primary N) is 1. The van der Waals surface area contributed by atoms with Crippen molar-refractivity contribution in [2.75, 3.05) is 11.1 Å². The Labute approximate surface area is 135 Å². The number of nitrogen functional groups attached to an aromatic ring is 1. The summed E-state index contributed by atoms with van der Waals surface area (Å²) in [7, 11) is 0. The monoisotopic (exact) mass is 327 g/mol. The van der Waals surface area contributed by atoms with Crippen molar-refractivity contribution in [3.63, 3.8) is 0 Å². The zero-order valence-corrected chi connectivity index (χ0v) is 12.8. The van der Waals surface area contributed by atoms with Crippen LogP contribution in [0.2, 0.25) is 0 Å². The molecule has 1 aromatic heterocycles. The van der Waals surface area contributed by atoms with Gasteiger partial charge in [0.1, 0.15) is 0 Å². The highest BCUT2D eigenvalue weighted by atomic mass is 32.1. The summed E-state index contributed by atoms with van der Waals surface area (Å²) in [5.41, 5.74) is 8.21. The highest BCUT2D eigenvalue weighted by Gasteiger charge is 2.09. The van der Waals surface area contributed by atoms with Crippen LogP contribution in [-0.2, 0) is 11.2 Å². The summed E-state index contributed by atoms with van der Waals surface area (Å²) in [4.78, 5) is 27.1. The fourth-order valence-electron chi connectivity index (χ4n) is 2.17. The molecule has 0 unspecified atom stereocenters. The second kappa shape index (κ2) is 6.05. The number of hydrogen-bond donors (Lipinski definition) is 3. The number of carboxylic acids is 1. The Bertz CT molecular complexity index is 887. The molecule has 0 aliphatic heterocycles. The van der Waals surface area contributed by atoms with E-state index in [1.54, 1.807) is 42.5 Å². The van der Waals surface area contributed by atoms with Crippen LogP contribution >= 0.6 is 11.3 Å². The zero-order valence-electron chi connectivity index (χ0n) is 11.9. The molecule has 1 amide bonds. The van der Waals surface area contributed by atoms with Gasteiger partial charge in [0, 0.05) is 11.3 Å². The largest absolute Gasteiger partial charge is 0.481 e. The van der Waals surface area contributed by atoms with Crippen LogP contribution in [0, 0.1) is 0 Å². The standard InChI is InChI=1S/C16H13N3O3S/c17-16-19-12-6-3-10(8-13(12)23-16)15(22)18-11-4-1-9(2-5-11)7-14(20)21/h1-6,8H,7H2,(H2,17,19)(H,18,22)(H,20,21). The van der Waals surface area contributed by atoms with E-state index in [0.29, 0.717) is 21.9 Å². The van der Waals surface area contributed by atoms with Gasteiger partial charge in [-0.25, -0.2) is 4.98 Å². The number of nitrogens with zero attached hydrogens (tertiary/aromatic N) is 1. The maximum Gasteiger partial charge on any atom is 0.307 e. The third-order valence-corrected chi connectivity index (χ3v) is 4.08. The Morgan fingerprint density at radius 1 is 1.17 bits per heavy atom. The van der Waals surface area contributed by atoms with Crippen molar-refractivity contribution in [1.82, 2.24) is 4.98 Å². The predicted molar refractivity (Wildman–Crippen MR) is 89.8 cm³/mol. The fraction of sp³-hybridized carbons (Fsp3) is 0.0625. The van der Waals surface area contributed by atoms with Crippen LogP contribution in [0.4, 0.5) is 10.8 Å². The minimum atomic E-state index is -0.890. The number of nitrogens with one attached hydrogen (secondary N) is 1. The second-order valence-corrected chi connectivity index (χ2v) is 6.02. The molecule has 6 nitrogen and oxygen atoms in total. The number of hydrogen-bond acceptors (Lipinski definition) is 5. The van der Waals surface area contributed by atoms with E-state index in [1.165, 1.54) is 11.3 Å². The van der Waals surface area contributed by atoms with Crippen molar-refractivity contribution in [1.29, 1.82) is 0 Å². The van der Waals surface area contributed by atoms with E-state index in [2.05, 4.69) is 10.3 Å². The molecule has 3 aromatic rings. The third kappa shape index (κ3) is 3.46. The number of aliphatic carboxylic acids is 1. The smallest absolute Gasteiger partial charge is 0.307 e. The highest BCUT2D eigenvalue weighted by molar-refractivity contribution is 7.22. The van der Waals surface area contributed by atoms with E-state index >= 15 is 0 Å². The van der Waals surface area contributed by atoms with Gasteiger partial charge < -0.3 is 16.2 Å². The van der Waals surface area contributed by atoms with Gasteiger partial charge in [0.25, 0.3) is 5.91 Å². The van der Waals surface area contributed by atoms with Crippen LogP contribution in [0.3, 0.4) is 0 Å². The molecule has 116 valence electrons. The molecule has 1 heterocycles. The van der Waals surface area contributed by atoms with Gasteiger partial charge in [-0.1, -0.05) is 23.5 Å². The van der Waals surface area contributed by atoms with Crippen molar-refractivity contribution >= 4 is 44.2 Å². The van der Waals surface area contributed by atoms with Crippen molar-refractivity contribution < 1.29 is 14.7 Å². The lowest BCUT2D eigenvalue weighted by atomic mass is 10.1. The molecule has 23 heavy (non-hydrogen) atoms. The molecular formula is C16H13N3O3S. The average molecular weight is 327 g/mol. The first-order valence-corrected chi connectivity index (χ1v) is 7.61. The first-order valence-electron chi connectivity index (χ1n) is 6.79. The topological polar surface area (TPSA) is 105 Å². The molecule has 0 bridgehead atoms. The van der Waals surface area contributed by atoms with Crippen molar-refractivity contribution in [2.24, 2.45) is 0 Å². The second-order valence-electron chi connectivity index (χ2n) is 4.96. The van der Waals surface area contributed by atoms with Crippen LogP contribution in [-0.4, -0.2) is 22.0 Å². The number of anilines is 2. The summed E-state index contributed by atoms with van der Waals surface area (Å²) in [6.45, 7) is 0. The molecule has 0 atom stereocenters. The minimum Gasteiger partial charge on any atom is -0.481 e. The number of benzene rings is 2. The number of rotatable bonds is 4. The van der Waals surface area contributed by atoms with Gasteiger partial charge in [-0.3, -0.25) is 9.59 Å². The van der Waals surface area contributed by atoms with Crippen LogP contribution < -0.4 is 11.1 Å². The van der Waals surface area contributed by atoms with E-state index < -0.39 is 5.97 Å². The fourth-order valence-corrected chi connectivity index (χ4v) is 2.94. The molecule has 0 fully saturated rings. The average Bonchev–Trinajstić information content (AvgIpc) is 2.87. The molecule has 4 N–H and O–H groups in total. The number of thiazole rings is 1. The van der Waals surface area contributed by atoms with E-state index in [4.69, 9.17) is 10.8 Å². The number of amides is 1. The SMILES string of the molecule is Nc1nc2ccc(C(=O)Nc3ccc(CC(=O)O)cc3)cc2s1. The lowest BCUT2D eigenvalue weighted by Gasteiger charge is -2.06. The summed E-state index contributed by atoms with van der Waals surface area (Å²) < 4.78 is 0.854. The van der Waals surface area contributed by atoms with Crippen molar-refractivity contribution in [2.45, 2.75) is 6.42 Å². The Morgan fingerprint density at radius 2 is 1.91 bits per heavy atom. The lowest BCUT2D eigenvalue weighted by Crippen LogP contribution is -2.11. The van der Waals surface area contributed by atoms with Crippen LogP contribution in [0.5, 0.6) is 0 Å². The van der Waals surface area contributed by atoms with Crippen LogP contribution in [0.1, 0.15) is 15.9 Å². The molecule has 0 aliphatic rings. The number of fused-ring (bicyclic) bond motifs is 1. The van der Waals surface area contributed by atoms with Crippen LogP contribution in [0.15, 0.2) is 42.5 Å². The number of carbonyl (C=O) groups is 2. The van der Waals surface area contributed by atoms with Gasteiger partial charge in [-0.2, -0.15) is 0 Å². The molecule has 0 spiro atoms. The quantitative estimate of drug-likeness (QED) is 0.683. The van der Waals surface area contributed by atoms with Gasteiger partial charge in [0.05, 0.1) is 16.6 Å². The Hall–Kier alpha value is -2.93. The Morgan fingerprint density at radius 3 is 2.61 bits per heavy atom. The lowest BCUT2D eigenvalue weighted by molar-refractivity contribution is -0.136. The predicted octanol–water partition coefficient (Wildman–Crippen LogP) is 2.76. The molecule has 0 saturated carbocycles. The number of carboxylic acid groups (broad SMARTS) is 1. The molecule has 3 rings (SSSR count). The van der Waals surface area contributed by atoms with E-state index in [0.717, 1.165) is 10.2 Å². The number of aromatic nitrogens is 1. The van der Waals surface area contributed by atoms with E-state index in [9.17, 15) is 9.59 Å². The maximum atomic E-state index is 12.3. The summed E-state index contributed by atoms with van der Waals surface area (Å²) in [6, 6.07) is 11.9. The molecule has 7 heteroatoms. The molecule has 0 saturated heterocycles. The normalized spacial score (nSPS) is 10.6. The summed E-state index contributed by atoms with van der Waals surface area (Å²) in [5.74, 6) is -1.14. The minimum absolute atomic E-state index is 0.0440. The Balaban J connectivity index is 1.75. The van der Waals surface area contributed by atoms with Gasteiger partial charge in [-0.05, 0) is 35.9 Å². The van der Waals surface area contributed by atoms with Gasteiger partial charge in [0.2, 0.25) is 0 Å². The van der Waals surface area contributed by atoms with Gasteiger partial charge >= 0.3 is 5.97 Å². The third-order valence-electron chi connectivity index (χ3n) is 3.23. The van der Waals surface area contributed by atoms with E-state index in [1.807, 2.05) is 0 Å². The molecule has 0 aliphatic carbocycles. The maximum absolute atomic E-state index is 12.3. The molecular weight excluding hydrogens is 314 g/mol. The summed E-state index contributed by atoms with van der Waals surface area (Å²) in [5, 5.41) is 12.0.